The van der Waals surface area contributed by atoms with Crippen LogP contribution < -0.4 is 5.32 Å². The average Bonchev–Trinajstić information content (AvgIpc) is 2.78. The molecule has 1 aromatic rings. The van der Waals surface area contributed by atoms with Crippen molar-refractivity contribution in [2.75, 3.05) is 31.6 Å². The summed E-state index contributed by atoms with van der Waals surface area (Å²) in [6.45, 7) is 8.89. The zero-order valence-corrected chi connectivity index (χ0v) is 12.0. The van der Waals surface area contributed by atoms with Gasteiger partial charge in [0.25, 0.3) is 0 Å². The minimum Gasteiger partial charge on any atom is -0.377 e. The summed E-state index contributed by atoms with van der Waals surface area (Å²) in [6, 6.07) is 0. The molecule has 1 saturated heterocycles. The topological polar surface area (TPSA) is 50.3 Å². The third-order valence-electron chi connectivity index (χ3n) is 3.13. The van der Waals surface area contributed by atoms with Crippen molar-refractivity contribution in [2.45, 2.75) is 39.3 Å². The molecule has 18 heavy (non-hydrogen) atoms. The van der Waals surface area contributed by atoms with E-state index in [2.05, 4.69) is 33.7 Å². The van der Waals surface area contributed by atoms with Crippen LogP contribution in [-0.4, -0.2) is 46.8 Å². The second kappa shape index (κ2) is 7.01. The third-order valence-corrected chi connectivity index (χ3v) is 3.86. The third kappa shape index (κ3) is 3.63. The van der Waals surface area contributed by atoms with Gasteiger partial charge in [0.15, 0.2) is 0 Å². The lowest BCUT2D eigenvalue weighted by Crippen LogP contribution is -2.39. The molecule has 0 aromatic carbocycles. The van der Waals surface area contributed by atoms with Gasteiger partial charge in [-0.1, -0.05) is 4.49 Å². The molecular formula is C12H22N4OS. The number of ether oxygens (including phenoxy) is 1. The molecule has 1 aliphatic rings. The van der Waals surface area contributed by atoms with Gasteiger partial charge in [0.1, 0.15) is 10.7 Å². The number of aromatic nitrogens is 2. The van der Waals surface area contributed by atoms with E-state index in [-0.39, 0.29) is 0 Å². The van der Waals surface area contributed by atoms with Gasteiger partial charge in [0.05, 0.1) is 6.10 Å². The molecule has 1 atom stereocenters. The van der Waals surface area contributed by atoms with E-state index in [4.69, 9.17) is 4.74 Å². The highest BCUT2D eigenvalue weighted by Gasteiger charge is 2.21. The Morgan fingerprint density at radius 2 is 2.39 bits per heavy atom. The van der Waals surface area contributed by atoms with E-state index in [1.54, 1.807) is 0 Å². The number of likely N-dealkylation sites (tertiary alicyclic amines) is 1. The Hall–Kier alpha value is -0.720. The Balaban J connectivity index is 1.89. The van der Waals surface area contributed by atoms with Gasteiger partial charge in [-0.25, -0.2) is 0 Å². The predicted octanol–water partition coefficient (Wildman–Crippen LogP) is 1.97. The van der Waals surface area contributed by atoms with Crippen LogP contribution in [0, 0.1) is 0 Å². The Kier molecular flexibility index (Phi) is 5.34. The molecule has 2 rings (SSSR count). The Bertz CT molecular complexity index is 356. The standard InChI is InChI=1S/C12H22N4OS/c1-3-13-12-11(14-15-18-12)9-16-7-5-6-10(8-16)17-4-2/h10,13H,3-9H2,1-2H3. The van der Waals surface area contributed by atoms with Crippen LogP contribution in [0.5, 0.6) is 0 Å². The number of hydrogen-bond donors (Lipinski definition) is 1. The lowest BCUT2D eigenvalue weighted by atomic mass is 10.1. The monoisotopic (exact) mass is 270 g/mol. The summed E-state index contributed by atoms with van der Waals surface area (Å²) in [5, 5.41) is 8.65. The largest absolute Gasteiger partial charge is 0.377 e. The molecule has 1 fully saturated rings. The first-order valence-electron chi connectivity index (χ1n) is 6.72. The molecule has 0 amide bonds. The van der Waals surface area contributed by atoms with E-state index in [0.29, 0.717) is 6.10 Å². The van der Waals surface area contributed by atoms with Crippen LogP contribution in [0.1, 0.15) is 32.4 Å². The summed E-state index contributed by atoms with van der Waals surface area (Å²) < 4.78 is 9.75. The first-order chi connectivity index (χ1) is 8.83. The zero-order chi connectivity index (χ0) is 12.8. The summed E-state index contributed by atoms with van der Waals surface area (Å²) in [4.78, 5) is 2.42. The van der Waals surface area contributed by atoms with Gasteiger partial charge in [-0.2, -0.15) is 0 Å². The van der Waals surface area contributed by atoms with E-state index in [0.717, 1.165) is 43.5 Å². The highest BCUT2D eigenvalue weighted by Crippen LogP contribution is 2.21. The average molecular weight is 270 g/mol. The summed E-state index contributed by atoms with van der Waals surface area (Å²) in [6.07, 6.45) is 2.77. The molecule has 0 radical (unpaired) electrons. The first kappa shape index (κ1) is 13.7. The molecule has 5 nitrogen and oxygen atoms in total. The van der Waals surface area contributed by atoms with Gasteiger partial charge in [-0.3, -0.25) is 4.90 Å². The first-order valence-corrected chi connectivity index (χ1v) is 7.49. The highest BCUT2D eigenvalue weighted by atomic mass is 32.1. The maximum Gasteiger partial charge on any atom is 0.134 e. The van der Waals surface area contributed by atoms with Crippen LogP contribution >= 0.6 is 11.5 Å². The van der Waals surface area contributed by atoms with E-state index >= 15 is 0 Å². The number of nitrogens with zero attached hydrogens (tertiary/aromatic N) is 3. The van der Waals surface area contributed by atoms with Crippen LogP contribution in [0.3, 0.4) is 0 Å². The Morgan fingerprint density at radius 3 is 3.17 bits per heavy atom. The number of nitrogens with one attached hydrogen (secondary N) is 1. The lowest BCUT2D eigenvalue weighted by Gasteiger charge is -2.31. The molecule has 102 valence electrons. The number of rotatable bonds is 6. The van der Waals surface area contributed by atoms with Crippen molar-refractivity contribution in [3.05, 3.63) is 5.69 Å². The van der Waals surface area contributed by atoms with Crippen molar-refractivity contribution in [3.8, 4) is 0 Å². The number of anilines is 1. The van der Waals surface area contributed by atoms with Crippen LogP contribution in [0.4, 0.5) is 5.00 Å². The molecule has 2 heterocycles. The fourth-order valence-electron chi connectivity index (χ4n) is 2.35. The van der Waals surface area contributed by atoms with Crippen molar-refractivity contribution >= 4 is 16.5 Å². The van der Waals surface area contributed by atoms with Gasteiger partial charge >= 0.3 is 0 Å². The molecule has 1 aromatic heterocycles. The summed E-state index contributed by atoms with van der Waals surface area (Å²) in [7, 11) is 0. The highest BCUT2D eigenvalue weighted by molar-refractivity contribution is 7.10. The SMILES string of the molecule is CCNc1snnc1CN1CCCC(OCC)C1. The van der Waals surface area contributed by atoms with E-state index in [1.807, 2.05) is 0 Å². The second-order valence-electron chi connectivity index (χ2n) is 4.53. The van der Waals surface area contributed by atoms with Gasteiger partial charge in [0, 0.05) is 37.8 Å². The van der Waals surface area contributed by atoms with Crippen molar-refractivity contribution in [1.29, 1.82) is 0 Å². The summed E-state index contributed by atoms with van der Waals surface area (Å²) in [5.74, 6) is 0. The molecule has 0 spiro atoms. The fourth-order valence-corrected chi connectivity index (χ4v) is 2.99. The predicted molar refractivity (Wildman–Crippen MR) is 74.0 cm³/mol. The van der Waals surface area contributed by atoms with Crippen LogP contribution in [0.2, 0.25) is 0 Å². The smallest absolute Gasteiger partial charge is 0.134 e. The second-order valence-corrected chi connectivity index (χ2v) is 5.29. The van der Waals surface area contributed by atoms with Gasteiger partial charge in [0.2, 0.25) is 0 Å². The minimum absolute atomic E-state index is 0.387. The fraction of sp³-hybridized carbons (Fsp3) is 0.833. The van der Waals surface area contributed by atoms with Gasteiger partial charge < -0.3 is 10.1 Å². The van der Waals surface area contributed by atoms with Crippen LogP contribution in [-0.2, 0) is 11.3 Å². The molecule has 0 saturated carbocycles. The van der Waals surface area contributed by atoms with Crippen LogP contribution in [0.25, 0.3) is 0 Å². The van der Waals surface area contributed by atoms with E-state index < -0.39 is 0 Å². The molecule has 6 heteroatoms. The van der Waals surface area contributed by atoms with Gasteiger partial charge in [-0.15, -0.1) is 5.10 Å². The molecular weight excluding hydrogens is 248 g/mol. The minimum atomic E-state index is 0.387. The normalized spacial score (nSPS) is 21.1. The Morgan fingerprint density at radius 1 is 1.50 bits per heavy atom. The Labute approximate surface area is 113 Å². The maximum atomic E-state index is 5.72. The summed E-state index contributed by atoms with van der Waals surface area (Å²) >= 11 is 1.44. The van der Waals surface area contributed by atoms with Crippen molar-refractivity contribution in [1.82, 2.24) is 14.5 Å². The quantitative estimate of drug-likeness (QED) is 0.856. The molecule has 1 N–H and O–H groups in total. The van der Waals surface area contributed by atoms with Crippen LogP contribution in [0.15, 0.2) is 0 Å². The van der Waals surface area contributed by atoms with E-state index in [9.17, 15) is 0 Å². The lowest BCUT2D eigenvalue weighted by molar-refractivity contribution is 0.00336. The molecule has 1 unspecified atom stereocenters. The maximum absolute atomic E-state index is 5.72. The zero-order valence-electron chi connectivity index (χ0n) is 11.2. The summed E-state index contributed by atoms with van der Waals surface area (Å²) in [5.41, 5.74) is 1.07. The molecule has 0 bridgehead atoms. The van der Waals surface area contributed by atoms with Crippen molar-refractivity contribution in [3.63, 3.8) is 0 Å². The number of hydrogen-bond acceptors (Lipinski definition) is 6. The van der Waals surface area contributed by atoms with Crippen molar-refractivity contribution < 1.29 is 4.74 Å². The van der Waals surface area contributed by atoms with E-state index in [1.165, 1.54) is 24.4 Å². The molecule has 1 aliphatic heterocycles. The number of piperidine rings is 1. The van der Waals surface area contributed by atoms with Gasteiger partial charge in [-0.05, 0) is 33.2 Å². The molecule has 0 aliphatic carbocycles. The van der Waals surface area contributed by atoms with Crippen molar-refractivity contribution in [2.24, 2.45) is 0 Å².